The lowest BCUT2D eigenvalue weighted by molar-refractivity contribution is 0.282. The van der Waals surface area contributed by atoms with Crippen LogP contribution in [0.1, 0.15) is 36.8 Å². The van der Waals surface area contributed by atoms with Gasteiger partial charge in [0.1, 0.15) is 5.52 Å². The van der Waals surface area contributed by atoms with Crippen LogP contribution in [0.25, 0.3) is 21.8 Å². The summed E-state index contributed by atoms with van der Waals surface area (Å²) in [6, 6.07) is 8.46. The molecule has 1 aromatic carbocycles. The number of anilines is 1. The van der Waals surface area contributed by atoms with Crippen molar-refractivity contribution in [3.05, 3.63) is 41.6 Å². The number of nitrogens with zero attached hydrogens (tertiary/aromatic N) is 2. The van der Waals surface area contributed by atoms with Gasteiger partial charge in [0, 0.05) is 23.6 Å². The zero-order chi connectivity index (χ0) is 16.2. The summed E-state index contributed by atoms with van der Waals surface area (Å²) in [4.78, 5) is 9.02. The number of hydrogen-bond acceptors (Lipinski definition) is 4. The van der Waals surface area contributed by atoms with E-state index in [1.165, 1.54) is 11.1 Å². The lowest BCUT2D eigenvalue weighted by Crippen LogP contribution is -1.97. The quantitative estimate of drug-likeness (QED) is 0.537. The van der Waals surface area contributed by atoms with Crippen LogP contribution in [0.3, 0.4) is 0 Å². The third-order valence-electron chi connectivity index (χ3n) is 4.24. The summed E-state index contributed by atoms with van der Waals surface area (Å²) in [6.07, 6.45) is 7.14. The highest BCUT2D eigenvalue weighted by Crippen LogP contribution is 2.28. The third-order valence-corrected chi connectivity index (χ3v) is 4.24. The van der Waals surface area contributed by atoms with Gasteiger partial charge in [0.2, 0.25) is 0 Å². The second-order valence-electron chi connectivity index (χ2n) is 6.15. The minimum absolute atomic E-state index is 0.287. The van der Waals surface area contributed by atoms with Crippen molar-refractivity contribution in [1.29, 1.82) is 0 Å². The molecule has 4 heteroatoms. The molecule has 0 radical (unpaired) electrons. The number of aliphatic hydroxyl groups is 1. The van der Waals surface area contributed by atoms with Crippen LogP contribution in [0.4, 0.5) is 5.82 Å². The van der Waals surface area contributed by atoms with Crippen molar-refractivity contribution in [3.8, 4) is 0 Å². The Bertz CT molecular complexity index is 830. The normalized spacial score (nSPS) is 11.4. The molecule has 3 rings (SSSR count). The number of hydrogen-bond donors (Lipinski definition) is 2. The SMILES string of the molecule is Cc1ccc2c(c1)nc(N)c1ncc(CCCCCCO)cc12. The molecule has 0 amide bonds. The number of fused-ring (bicyclic) bond motifs is 3. The first-order valence-corrected chi connectivity index (χ1v) is 8.24. The Morgan fingerprint density at radius 1 is 1.04 bits per heavy atom. The summed E-state index contributed by atoms with van der Waals surface area (Å²) >= 11 is 0. The van der Waals surface area contributed by atoms with Crippen LogP contribution in [-0.2, 0) is 6.42 Å². The molecule has 0 atom stereocenters. The summed E-state index contributed by atoms with van der Waals surface area (Å²) in [5.41, 5.74) is 10.2. The lowest BCUT2D eigenvalue weighted by atomic mass is 10.0. The number of aryl methyl sites for hydroxylation is 2. The van der Waals surface area contributed by atoms with Crippen LogP contribution in [0.2, 0.25) is 0 Å². The standard InChI is InChI=1S/C19H23N3O/c1-13-7-8-15-16-11-14(6-4-2-3-5-9-23)12-21-18(16)19(20)22-17(15)10-13/h7-8,10-12,23H,2-6,9H2,1H3,(H2,20,22). The number of aromatic nitrogens is 2. The smallest absolute Gasteiger partial charge is 0.150 e. The summed E-state index contributed by atoms with van der Waals surface area (Å²) in [5, 5.41) is 11.0. The summed E-state index contributed by atoms with van der Waals surface area (Å²) in [7, 11) is 0. The van der Waals surface area contributed by atoms with Crippen LogP contribution in [0.5, 0.6) is 0 Å². The molecule has 3 aromatic rings. The van der Waals surface area contributed by atoms with Crippen LogP contribution in [0.15, 0.2) is 30.5 Å². The van der Waals surface area contributed by atoms with Gasteiger partial charge in [-0.25, -0.2) is 4.98 Å². The molecule has 0 unspecified atom stereocenters. The Balaban J connectivity index is 1.92. The molecular weight excluding hydrogens is 286 g/mol. The van der Waals surface area contributed by atoms with Crippen LogP contribution in [0, 0.1) is 6.92 Å². The monoisotopic (exact) mass is 309 g/mol. The molecule has 0 saturated carbocycles. The Kier molecular flexibility index (Phi) is 4.72. The Morgan fingerprint density at radius 3 is 2.70 bits per heavy atom. The van der Waals surface area contributed by atoms with E-state index in [-0.39, 0.29) is 6.61 Å². The van der Waals surface area contributed by atoms with E-state index >= 15 is 0 Å². The molecule has 0 aliphatic rings. The summed E-state index contributed by atoms with van der Waals surface area (Å²) < 4.78 is 0. The molecule has 0 aliphatic heterocycles. The van der Waals surface area contributed by atoms with E-state index in [1.807, 2.05) is 6.20 Å². The highest BCUT2D eigenvalue weighted by atomic mass is 16.2. The fourth-order valence-corrected chi connectivity index (χ4v) is 2.99. The zero-order valence-corrected chi connectivity index (χ0v) is 13.5. The van der Waals surface area contributed by atoms with Crippen molar-refractivity contribution in [1.82, 2.24) is 9.97 Å². The van der Waals surface area contributed by atoms with Crippen LogP contribution >= 0.6 is 0 Å². The van der Waals surface area contributed by atoms with Crippen molar-refractivity contribution in [3.63, 3.8) is 0 Å². The van der Waals surface area contributed by atoms with Gasteiger partial charge >= 0.3 is 0 Å². The molecule has 0 fully saturated rings. The van der Waals surface area contributed by atoms with Crippen molar-refractivity contribution < 1.29 is 5.11 Å². The number of aliphatic hydroxyl groups excluding tert-OH is 1. The average Bonchev–Trinajstić information content (AvgIpc) is 2.54. The number of pyridine rings is 2. The fraction of sp³-hybridized carbons (Fsp3) is 0.368. The van der Waals surface area contributed by atoms with Gasteiger partial charge in [-0.1, -0.05) is 25.0 Å². The van der Waals surface area contributed by atoms with Gasteiger partial charge in [-0.3, -0.25) is 4.98 Å². The van der Waals surface area contributed by atoms with Gasteiger partial charge in [-0.05, 0) is 49.4 Å². The van der Waals surface area contributed by atoms with Gasteiger partial charge in [-0.2, -0.15) is 0 Å². The van der Waals surface area contributed by atoms with E-state index in [4.69, 9.17) is 10.8 Å². The maximum Gasteiger partial charge on any atom is 0.150 e. The van der Waals surface area contributed by atoms with Gasteiger partial charge in [0.15, 0.2) is 5.82 Å². The van der Waals surface area contributed by atoms with Crippen LogP contribution < -0.4 is 5.73 Å². The summed E-state index contributed by atoms with van der Waals surface area (Å²) in [5.74, 6) is 0.493. The molecule has 0 bridgehead atoms. The lowest BCUT2D eigenvalue weighted by Gasteiger charge is -2.09. The molecule has 0 saturated heterocycles. The Labute approximate surface area is 136 Å². The molecule has 0 spiro atoms. The van der Waals surface area contributed by atoms with E-state index in [1.54, 1.807) is 0 Å². The molecule has 4 nitrogen and oxygen atoms in total. The number of rotatable bonds is 6. The molecule has 120 valence electrons. The highest BCUT2D eigenvalue weighted by Gasteiger charge is 2.08. The molecule has 2 heterocycles. The molecule has 2 aromatic heterocycles. The third kappa shape index (κ3) is 3.42. The second-order valence-corrected chi connectivity index (χ2v) is 6.15. The number of unbranched alkanes of at least 4 members (excludes halogenated alkanes) is 3. The van der Waals surface area contributed by atoms with E-state index in [2.05, 4.69) is 41.2 Å². The number of benzene rings is 1. The minimum atomic E-state index is 0.287. The largest absolute Gasteiger partial charge is 0.396 e. The van der Waals surface area contributed by atoms with E-state index in [0.717, 1.165) is 53.9 Å². The number of nitrogens with two attached hydrogens (primary N) is 1. The predicted molar refractivity (Wildman–Crippen MR) is 95.5 cm³/mol. The highest BCUT2D eigenvalue weighted by molar-refractivity contribution is 6.08. The van der Waals surface area contributed by atoms with E-state index in [9.17, 15) is 0 Å². The maximum atomic E-state index is 8.82. The summed E-state index contributed by atoms with van der Waals surface area (Å²) in [6.45, 7) is 2.35. The Morgan fingerprint density at radius 2 is 1.87 bits per heavy atom. The van der Waals surface area contributed by atoms with Gasteiger partial charge in [-0.15, -0.1) is 0 Å². The topological polar surface area (TPSA) is 72.0 Å². The average molecular weight is 309 g/mol. The first-order valence-electron chi connectivity index (χ1n) is 8.24. The van der Waals surface area contributed by atoms with Crippen LogP contribution in [-0.4, -0.2) is 21.7 Å². The van der Waals surface area contributed by atoms with Crippen molar-refractivity contribution in [2.45, 2.75) is 39.0 Å². The van der Waals surface area contributed by atoms with Gasteiger partial charge < -0.3 is 10.8 Å². The molecule has 3 N–H and O–H groups in total. The van der Waals surface area contributed by atoms with E-state index in [0.29, 0.717) is 5.82 Å². The first-order chi connectivity index (χ1) is 11.2. The molecular formula is C19H23N3O. The number of nitrogen functional groups attached to an aromatic ring is 1. The minimum Gasteiger partial charge on any atom is -0.396 e. The van der Waals surface area contributed by atoms with Crippen molar-refractivity contribution in [2.75, 3.05) is 12.3 Å². The van der Waals surface area contributed by atoms with Gasteiger partial charge in [0.05, 0.1) is 5.52 Å². The molecule has 23 heavy (non-hydrogen) atoms. The van der Waals surface area contributed by atoms with Crippen molar-refractivity contribution >= 4 is 27.6 Å². The fourth-order valence-electron chi connectivity index (χ4n) is 2.99. The predicted octanol–water partition coefficient (Wildman–Crippen LogP) is 3.77. The first kappa shape index (κ1) is 15.7. The Hall–Kier alpha value is -2.20. The van der Waals surface area contributed by atoms with Gasteiger partial charge in [0.25, 0.3) is 0 Å². The maximum absolute atomic E-state index is 8.82. The zero-order valence-electron chi connectivity index (χ0n) is 13.5. The molecule has 0 aliphatic carbocycles. The van der Waals surface area contributed by atoms with E-state index < -0.39 is 0 Å². The second kappa shape index (κ2) is 6.92. The van der Waals surface area contributed by atoms with Crippen molar-refractivity contribution in [2.24, 2.45) is 0 Å².